The summed E-state index contributed by atoms with van der Waals surface area (Å²) in [6.45, 7) is 0. The Morgan fingerprint density at radius 1 is 1.23 bits per heavy atom. The minimum atomic E-state index is -4.53. The maximum absolute atomic E-state index is 10.5. The molecule has 4 nitrogen and oxygen atoms in total. The Balaban J connectivity index is 0.00000144. The van der Waals surface area contributed by atoms with Gasteiger partial charge in [-0.25, -0.2) is 8.42 Å². The molecule has 0 N–H and O–H groups in total. The predicted molar refractivity (Wildman–Crippen MR) is 39.8 cm³/mol. The summed E-state index contributed by atoms with van der Waals surface area (Å²) in [5.41, 5.74) is -0.104. The van der Waals surface area contributed by atoms with Crippen molar-refractivity contribution in [2.24, 2.45) is 0 Å². The molecule has 0 atom stereocenters. The van der Waals surface area contributed by atoms with Crippen LogP contribution in [0.2, 0.25) is 0 Å². The fraction of sp³-hybridized carbons (Fsp3) is 0. The number of aldehydes is 1. The van der Waals surface area contributed by atoms with Gasteiger partial charge >= 0.3 is 51.4 Å². The standard InChI is InChI=1S/C7H6O4S.K/c8-5-6-3-1-2-4-7(6)12(9,10)11;/h1-5H,(H,9,10,11);/q;+1/p-1. The molecule has 13 heavy (non-hydrogen) atoms. The van der Waals surface area contributed by atoms with E-state index in [1.807, 2.05) is 0 Å². The molecule has 0 aromatic heterocycles. The summed E-state index contributed by atoms with van der Waals surface area (Å²) in [7, 11) is -4.53. The van der Waals surface area contributed by atoms with Crippen molar-refractivity contribution in [3.8, 4) is 0 Å². The summed E-state index contributed by atoms with van der Waals surface area (Å²) in [5, 5.41) is 0. The van der Waals surface area contributed by atoms with E-state index in [1.165, 1.54) is 18.2 Å². The summed E-state index contributed by atoms with van der Waals surface area (Å²) in [6, 6.07) is 5.25. The fourth-order valence-corrected chi connectivity index (χ4v) is 1.46. The normalized spacial score (nSPS) is 10.2. The zero-order valence-corrected chi connectivity index (χ0v) is 10.9. The van der Waals surface area contributed by atoms with Crippen molar-refractivity contribution in [3.05, 3.63) is 29.8 Å². The molecule has 0 saturated heterocycles. The Labute approximate surface area is 119 Å². The van der Waals surface area contributed by atoms with Gasteiger partial charge < -0.3 is 4.55 Å². The Morgan fingerprint density at radius 2 is 1.77 bits per heavy atom. The van der Waals surface area contributed by atoms with Gasteiger partial charge in [-0.1, -0.05) is 18.2 Å². The van der Waals surface area contributed by atoms with Gasteiger partial charge in [0.25, 0.3) is 0 Å². The van der Waals surface area contributed by atoms with Crippen LogP contribution in [-0.4, -0.2) is 19.3 Å². The summed E-state index contributed by atoms with van der Waals surface area (Å²) >= 11 is 0. The molecule has 0 spiro atoms. The van der Waals surface area contributed by atoms with E-state index in [9.17, 15) is 17.8 Å². The van der Waals surface area contributed by atoms with E-state index in [0.29, 0.717) is 6.29 Å². The number of benzene rings is 1. The molecule has 0 radical (unpaired) electrons. The van der Waals surface area contributed by atoms with Crippen LogP contribution in [0.5, 0.6) is 0 Å². The second-order valence-electron chi connectivity index (χ2n) is 2.11. The number of hydrogen-bond donors (Lipinski definition) is 0. The first-order valence-corrected chi connectivity index (χ1v) is 4.46. The van der Waals surface area contributed by atoms with E-state index < -0.39 is 15.0 Å². The molecule has 0 bridgehead atoms. The number of hydrogen-bond acceptors (Lipinski definition) is 4. The van der Waals surface area contributed by atoms with Gasteiger partial charge in [0.1, 0.15) is 10.1 Å². The molecule has 0 aliphatic carbocycles. The van der Waals surface area contributed by atoms with Crippen molar-refractivity contribution in [3.63, 3.8) is 0 Å². The first kappa shape index (κ1) is 13.4. The fourth-order valence-electron chi connectivity index (χ4n) is 0.806. The zero-order chi connectivity index (χ0) is 9.19. The number of carbonyl (C=O) groups is 1. The third-order valence-corrected chi connectivity index (χ3v) is 2.23. The van der Waals surface area contributed by atoms with Gasteiger partial charge in [-0.05, 0) is 6.07 Å². The van der Waals surface area contributed by atoms with Crippen LogP contribution < -0.4 is 51.4 Å². The second-order valence-corrected chi connectivity index (χ2v) is 3.46. The SMILES string of the molecule is O=Cc1ccccc1S(=O)(=O)[O-].[K+]. The third kappa shape index (κ3) is 3.59. The number of carbonyl (C=O) groups excluding carboxylic acids is 1. The van der Waals surface area contributed by atoms with E-state index in [2.05, 4.69) is 0 Å². The summed E-state index contributed by atoms with van der Waals surface area (Å²) in [5.74, 6) is 0. The monoisotopic (exact) mass is 224 g/mol. The van der Waals surface area contributed by atoms with E-state index in [4.69, 9.17) is 0 Å². The Morgan fingerprint density at radius 3 is 2.15 bits per heavy atom. The topological polar surface area (TPSA) is 74.3 Å². The van der Waals surface area contributed by atoms with Crippen LogP contribution in [0, 0.1) is 0 Å². The van der Waals surface area contributed by atoms with Crippen molar-refractivity contribution < 1.29 is 69.1 Å². The Hall–Kier alpha value is 0.436. The van der Waals surface area contributed by atoms with Gasteiger partial charge in [-0.15, -0.1) is 0 Å². The van der Waals surface area contributed by atoms with E-state index >= 15 is 0 Å². The van der Waals surface area contributed by atoms with E-state index in [0.717, 1.165) is 6.07 Å². The summed E-state index contributed by atoms with van der Waals surface area (Å²) in [4.78, 5) is 9.80. The van der Waals surface area contributed by atoms with Gasteiger partial charge in [0.05, 0.1) is 4.90 Å². The zero-order valence-electron chi connectivity index (χ0n) is 6.93. The Bertz CT molecular complexity index is 399. The quantitative estimate of drug-likeness (QED) is 0.314. The maximum atomic E-state index is 10.5. The molecule has 0 fully saturated rings. The van der Waals surface area contributed by atoms with Crippen LogP contribution in [0.25, 0.3) is 0 Å². The summed E-state index contributed by atoms with van der Waals surface area (Å²) < 4.78 is 31.5. The van der Waals surface area contributed by atoms with Gasteiger partial charge in [-0.2, -0.15) is 0 Å². The molecular weight excluding hydrogens is 219 g/mol. The van der Waals surface area contributed by atoms with Crippen molar-refractivity contribution in [1.29, 1.82) is 0 Å². The molecular formula is C7H5KO4S. The smallest absolute Gasteiger partial charge is 0.744 e. The van der Waals surface area contributed by atoms with Crippen LogP contribution in [0.1, 0.15) is 10.4 Å². The first-order valence-electron chi connectivity index (χ1n) is 3.06. The summed E-state index contributed by atoms with van der Waals surface area (Å²) in [6.07, 6.45) is 0.338. The molecule has 0 saturated carbocycles. The van der Waals surface area contributed by atoms with Crippen molar-refractivity contribution >= 4 is 16.4 Å². The molecule has 1 aromatic carbocycles. The van der Waals surface area contributed by atoms with Crippen molar-refractivity contribution in [2.75, 3.05) is 0 Å². The van der Waals surface area contributed by atoms with Crippen LogP contribution in [-0.2, 0) is 10.1 Å². The Kier molecular flexibility index (Phi) is 5.53. The average Bonchev–Trinajstić information content (AvgIpc) is 2.03. The van der Waals surface area contributed by atoms with Gasteiger partial charge in [-0.3, -0.25) is 4.79 Å². The van der Waals surface area contributed by atoms with Gasteiger partial charge in [0.2, 0.25) is 0 Å². The van der Waals surface area contributed by atoms with Gasteiger partial charge in [0.15, 0.2) is 6.29 Å². The van der Waals surface area contributed by atoms with Crippen LogP contribution >= 0.6 is 0 Å². The largest absolute Gasteiger partial charge is 1.00 e. The molecule has 6 heteroatoms. The van der Waals surface area contributed by atoms with E-state index in [1.54, 1.807) is 0 Å². The minimum Gasteiger partial charge on any atom is -0.744 e. The molecule has 0 unspecified atom stereocenters. The maximum Gasteiger partial charge on any atom is 1.00 e. The average molecular weight is 224 g/mol. The molecule has 1 aromatic rings. The molecule has 0 aliphatic heterocycles. The van der Waals surface area contributed by atoms with Crippen molar-refractivity contribution in [1.82, 2.24) is 0 Å². The van der Waals surface area contributed by atoms with Crippen LogP contribution in [0.4, 0.5) is 0 Å². The van der Waals surface area contributed by atoms with Gasteiger partial charge in [0, 0.05) is 5.56 Å². The van der Waals surface area contributed by atoms with Crippen LogP contribution in [0.15, 0.2) is 29.2 Å². The number of rotatable bonds is 2. The molecule has 0 amide bonds. The second kappa shape index (κ2) is 5.35. The van der Waals surface area contributed by atoms with E-state index in [-0.39, 0.29) is 56.9 Å². The molecule has 64 valence electrons. The first-order chi connectivity index (χ1) is 5.55. The molecule has 0 heterocycles. The molecule has 1 rings (SSSR count). The minimum absolute atomic E-state index is 0. The van der Waals surface area contributed by atoms with Crippen molar-refractivity contribution in [2.45, 2.75) is 4.90 Å². The van der Waals surface area contributed by atoms with Crippen LogP contribution in [0.3, 0.4) is 0 Å². The third-order valence-electron chi connectivity index (χ3n) is 1.32. The molecule has 0 aliphatic rings. The predicted octanol–water partition coefficient (Wildman–Crippen LogP) is -2.59.